The molecule has 1 N–H and O–H groups in total. The van der Waals surface area contributed by atoms with Crippen LogP contribution in [-0.4, -0.2) is 24.8 Å². The number of hydrogen-bond donors (Lipinski definition) is 1. The molecule has 2 saturated carbocycles. The number of hydrogen-bond acceptors (Lipinski definition) is 2. The van der Waals surface area contributed by atoms with Crippen molar-refractivity contribution in [3.63, 3.8) is 0 Å². The first-order chi connectivity index (χ1) is 9.41. The average molecular weight is 281 g/mol. The van der Waals surface area contributed by atoms with Crippen LogP contribution >= 0.6 is 0 Å². The van der Waals surface area contributed by atoms with Gasteiger partial charge in [0.1, 0.15) is 0 Å². The zero-order chi connectivity index (χ0) is 14.8. The molecule has 2 nitrogen and oxygen atoms in total. The van der Waals surface area contributed by atoms with E-state index < -0.39 is 0 Å². The molecular formula is C18H35NO. The smallest absolute Gasteiger partial charge is 0.0656 e. The van der Waals surface area contributed by atoms with Gasteiger partial charge in [0.15, 0.2) is 0 Å². The van der Waals surface area contributed by atoms with Gasteiger partial charge in [0.05, 0.1) is 6.10 Å². The molecule has 0 radical (unpaired) electrons. The molecule has 0 spiro atoms. The lowest BCUT2D eigenvalue weighted by Crippen LogP contribution is -2.63. The van der Waals surface area contributed by atoms with Crippen LogP contribution in [-0.2, 0) is 4.74 Å². The third-order valence-corrected chi connectivity index (χ3v) is 5.63. The Balaban J connectivity index is 1.76. The maximum absolute atomic E-state index is 6.07. The summed E-state index contributed by atoms with van der Waals surface area (Å²) in [5.41, 5.74) is 0.290. The Hall–Kier alpha value is -0.0800. The molecule has 2 fully saturated rings. The fourth-order valence-electron chi connectivity index (χ4n) is 3.85. The summed E-state index contributed by atoms with van der Waals surface area (Å²) in [6.07, 6.45) is 8.81. The van der Waals surface area contributed by atoms with Crippen LogP contribution in [0.3, 0.4) is 0 Å². The van der Waals surface area contributed by atoms with Crippen molar-refractivity contribution in [2.75, 3.05) is 6.61 Å². The van der Waals surface area contributed by atoms with E-state index in [1.165, 1.54) is 38.5 Å². The zero-order valence-electron chi connectivity index (χ0n) is 14.2. The van der Waals surface area contributed by atoms with E-state index >= 15 is 0 Å². The molecule has 2 rings (SSSR count). The van der Waals surface area contributed by atoms with E-state index in [2.05, 4.69) is 39.9 Å². The lowest BCUT2D eigenvalue weighted by Gasteiger charge is -2.53. The van der Waals surface area contributed by atoms with Crippen LogP contribution < -0.4 is 5.32 Å². The monoisotopic (exact) mass is 281 g/mol. The average Bonchev–Trinajstić information content (AvgIpc) is 2.42. The normalized spacial score (nSPS) is 32.1. The van der Waals surface area contributed by atoms with Gasteiger partial charge < -0.3 is 10.1 Å². The minimum atomic E-state index is 0.290. The van der Waals surface area contributed by atoms with Gasteiger partial charge in [-0.2, -0.15) is 0 Å². The van der Waals surface area contributed by atoms with Crippen LogP contribution in [0, 0.1) is 17.3 Å². The highest BCUT2D eigenvalue weighted by molar-refractivity contribution is 5.04. The first-order valence-corrected chi connectivity index (χ1v) is 8.79. The van der Waals surface area contributed by atoms with E-state index in [-0.39, 0.29) is 5.41 Å². The maximum atomic E-state index is 6.07. The quantitative estimate of drug-likeness (QED) is 0.780. The number of rotatable bonds is 6. The molecule has 2 heteroatoms. The molecule has 2 aliphatic carbocycles. The summed E-state index contributed by atoms with van der Waals surface area (Å²) in [6, 6.07) is 1.31. The summed E-state index contributed by atoms with van der Waals surface area (Å²) < 4.78 is 6.07. The molecule has 0 aliphatic heterocycles. The summed E-state index contributed by atoms with van der Waals surface area (Å²) in [7, 11) is 0. The Kier molecular flexibility index (Phi) is 5.53. The van der Waals surface area contributed by atoms with Gasteiger partial charge in [0, 0.05) is 24.1 Å². The Labute approximate surface area is 126 Å². The Morgan fingerprint density at radius 2 is 1.75 bits per heavy atom. The van der Waals surface area contributed by atoms with Crippen molar-refractivity contribution in [2.45, 2.75) is 91.3 Å². The summed E-state index contributed by atoms with van der Waals surface area (Å²) in [6.45, 7) is 12.5. The van der Waals surface area contributed by atoms with Gasteiger partial charge in [0.25, 0.3) is 0 Å². The maximum Gasteiger partial charge on any atom is 0.0656 e. The SMILES string of the molecule is CC(C)COC1CC(NC(C)C2CCCCC2)C1(C)C. The molecule has 0 aromatic carbocycles. The van der Waals surface area contributed by atoms with E-state index in [9.17, 15) is 0 Å². The largest absolute Gasteiger partial charge is 0.377 e. The van der Waals surface area contributed by atoms with E-state index in [0.29, 0.717) is 24.1 Å². The molecule has 118 valence electrons. The standard InChI is InChI=1S/C18H35NO/c1-13(2)12-20-17-11-16(18(17,4)5)19-14(3)15-9-7-6-8-10-15/h13-17,19H,6-12H2,1-5H3. The lowest BCUT2D eigenvalue weighted by molar-refractivity contribution is -0.126. The molecule has 0 heterocycles. The van der Waals surface area contributed by atoms with Crippen molar-refractivity contribution in [3.8, 4) is 0 Å². The minimum Gasteiger partial charge on any atom is -0.377 e. The minimum absolute atomic E-state index is 0.290. The van der Waals surface area contributed by atoms with Gasteiger partial charge in [-0.05, 0) is 38.0 Å². The second-order valence-corrected chi connectivity index (χ2v) is 8.18. The molecule has 0 amide bonds. The predicted octanol–water partition coefficient (Wildman–Crippen LogP) is 4.38. The van der Waals surface area contributed by atoms with E-state index in [0.717, 1.165) is 12.5 Å². The molecule has 3 atom stereocenters. The van der Waals surface area contributed by atoms with Crippen LogP contribution in [0.5, 0.6) is 0 Å². The first-order valence-electron chi connectivity index (χ1n) is 8.79. The predicted molar refractivity (Wildman–Crippen MR) is 85.9 cm³/mol. The van der Waals surface area contributed by atoms with E-state index in [1.807, 2.05) is 0 Å². The van der Waals surface area contributed by atoms with Gasteiger partial charge >= 0.3 is 0 Å². The van der Waals surface area contributed by atoms with Gasteiger partial charge in [0.2, 0.25) is 0 Å². The molecule has 0 aromatic rings. The van der Waals surface area contributed by atoms with Crippen LogP contribution in [0.25, 0.3) is 0 Å². The van der Waals surface area contributed by atoms with E-state index in [4.69, 9.17) is 4.74 Å². The summed E-state index contributed by atoms with van der Waals surface area (Å²) in [4.78, 5) is 0. The van der Waals surface area contributed by atoms with Crippen LogP contribution in [0.1, 0.15) is 73.1 Å². The van der Waals surface area contributed by atoms with Crippen molar-refractivity contribution in [1.82, 2.24) is 5.32 Å². The van der Waals surface area contributed by atoms with Crippen molar-refractivity contribution in [1.29, 1.82) is 0 Å². The van der Waals surface area contributed by atoms with Crippen molar-refractivity contribution in [2.24, 2.45) is 17.3 Å². The fraction of sp³-hybridized carbons (Fsp3) is 1.00. The van der Waals surface area contributed by atoms with Gasteiger partial charge in [-0.3, -0.25) is 0 Å². The summed E-state index contributed by atoms with van der Waals surface area (Å²) in [5.74, 6) is 1.54. The molecule has 20 heavy (non-hydrogen) atoms. The van der Waals surface area contributed by atoms with Crippen molar-refractivity contribution in [3.05, 3.63) is 0 Å². The topological polar surface area (TPSA) is 21.3 Å². The van der Waals surface area contributed by atoms with Gasteiger partial charge in [-0.25, -0.2) is 0 Å². The summed E-state index contributed by atoms with van der Waals surface area (Å²) >= 11 is 0. The molecule has 0 saturated heterocycles. The first kappa shape index (κ1) is 16.3. The molecule has 2 aliphatic rings. The Morgan fingerprint density at radius 1 is 1.10 bits per heavy atom. The number of nitrogens with one attached hydrogen (secondary N) is 1. The molecular weight excluding hydrogens is 246 g/mol. The fourth-order valence-corrected chi connectivity index (χ4v) is 3.85. The van der Waals surface area contributed by atoms with Crippen LogP contribution in [0.15, 0.2) is 0 Å². The second-order valence-electron chi connectivity index (χ2n) is 8.18. The van der Waals surface area contributed by atoms with Gasteiger partial charge in [-0.1, -0.05) is 47.0 Å². The van der Waals surface area contributed by atoms with Crippen molar-refractivity contribution < 1.29 is 4.74 Å². The number of ether oxygens (including phenoxy) is 1. The van der Waals surface area contributed by atoms with Crippen molar-refractivity contribution >= 4 is 0 Å². The Morgan fingerprint density at radius 3 is 2.30 bits per heavy atom. The van der Waals surface area contributed by atoms with E-state index in [1.54, 1.807) is 0 Å². The van der Waals surface area contributed by atoms with Crippen LogP contribution in [0.4, 0.5) is 0 Å². The van der Waals surface area contributed by atoms with Gasteiger partial charge in [-0.15, -0.1) is 0 Å². The lowest BCUT2D eigenvalue weighted by atomic mass is 9.64. The summed E-state index contributed by atoms with van der Waals surface area (Å²) in [5, 5.41) is 3.91. The highest BCUT2D eigenvalue weighted by atomic mass is 16.5. The third-order valence-electron chi connectivity index (χ3n) is 5.63. The second kappa shape index (κ2) is 6.79. The van der Waals surface area contributed by atoms with Crippen LogP contribution in [0.2, 0.25) is 0 Å². The Bertz CT molecular complexity index is 294. The highest BCUT2D eigenvalue weighted by Crippen LogP contribution is 2.43. The highest BCUT2D eigenvalue weighted by Gasteiger charge is 2.49. The zero-order valence-corrected chi connectivity index (χ0v) is 14.2. The molecule has 0 bridgehead atoms. The molecule has 3 unspecified atom stereocenters. The third kappa shape index (κ3) is 3.76. The molecule has 0 aromatic heterocycles.